The lowest BCUT2D eigenvalue weighted by atomic mass is 10.1. The molecule has 126 valence electrons. The number of pyridine rings is 1. The average molecular weight is 325 g/mol. The van der Waals surface area contributed by atoms with Gasteiger partial charge in [0, 0.05) is 37.8 Å². The first-order chi connectivity index (χ1) is 11.6. The molecule has 5 nitrogen and oxygen atoms in total. The van der Waals surface area contributed by atoms with Gasteiger partial charge in [-0.25, -0.2) is 0 Å². The number of nitrogens with two attached hydrogens (primary N) is 1. The van der Waals surface area contributed by atoms with E-state index in [9.17, 15) is 9.59 Å². The predicted octanol–water partition coefficient (Wildman–Crippen LogP) is 2.31. The first kappa shape index (κ1) is 17.7. The number of carbonyl (C=O) groups excluding carboxylic acids is 2. The lowest BCUT2D eigenvalue weighted by Crippen LogP contribution is -2.33. The summed E-state index contributed by atoms with van der Waals surface area (Å²) in [6, 6.07) is 15.5. The fourth-order valence-corrected chi connectivity index (χ4v) is 2.47. The van der Waals surface area contributed by atoms with Gasteiger partial charge in [-0.3, -0.25) is 14.6 Å². The smallest absolute Gasteiger partial charge is 0.222 e. The fraction of sp³-hybridized carbons (Fsp3) is 0.316. The van der Waals surface area contributed by atoms with Crippen molar-refractivity contribution in [3.63, 3.8) is 0 Å². The number of benzene rings is 1. The van der Waals surface area contributed by atoms with Gasteiger partial charge in [0.15, 0.2) is 0 Å². The number of hydrogen-bond donors (Lipinski definition) is 1. The van der Waals surface area contributed by atoms with Gasteiger partial charge in [-0.15, -0.1) is 0 Å². The van der Waals surface area contributed by atoms with Crippen LogP contribution in [0.1, 0.15) is 30.5 Å². The summed E-state index contributed by atoms with van der Waals surface area (Å²) in [6.07, 6.45) is 3.87. The van der Waals surface area contributed by atoms with Crippen molar-refractivity contribution in [2.75, 3.05) is 6.54 Å². The molecule has 0 radical (unpaired) electrons. The maximum atomic E-state index is 12.5. The standard InChI is InChI=1S/C19H23N3O2/c20-18(23)12-14-22(15-16-7-2-1-3-8-16)19(24)11-6-10-17-9-4-5-13-21-17/h1-5,7-9,13H,6,10-12,14-15H2,(H2,20,23). The zero-order chi connectivity index (χ0) is 17.2. The Bertz CT molecular complexity index is 644. The van der Waals surface area contributed by atoms with Gasteiger partial charge in [0.1, 0.15) is 0 Å². The fourth-order valence-electron chi connectivity index (χ4n) is 2.47. The monoisotopic (exact) mass is 325 g/mol. The Morgan fingerprint density at radius 2 is 1.75 bits per heavy atom. The van der Waals surface area contributed by atoms with Gasteiger partial charge in [0.25, 0.3) is 0 Å². The van der Waals surface area contributed by atoms with Crippen LogP contribution < -0.4 is 5.73 Å². The molecule has 0 aliphatic heterocycles. The zero-order valence-electron chi connectivity index (χ0n) is 13.7. The Labute approximate surface area is 142 Å². The van der Waals surface area contributed by atoms with Gasteiger partial charge >= 0.3 is 0 Å². The molecule has 1 aromatic carbocycles. The van der Waals surface area contributed by atoms with Gasteiger partial charge in [0.05, 0.1) is 0 Å². The highest BCUT2D eigenvalue weighted by atomic mass is 16.2. The normalized spacial score (nSPS) is 10.3. The Hall–Kier alpha value is -2.69. The molecule has 0 bridgehead atoms. The second-order valence-corrected chi connectivity index (χ2v) is 5.69. The third-order valence-corrected chi connectivity index (χ3v) is 3.75. The van der Waals surface area contributed by atoms with Crippen LogP contribution in [0.5, 0.6) is 0 Å². The van der Waals surface area contributed by atoms with Crippen molar-refractivity contribution in [1.82, 2.24) is 9.88 Å². The van der Waals surface area contributed by atoms with Gasteiger partial charge in [-0.1, -0.05) is 36.4 Å². The van der Waals surface area contributed by atoms with E-state index in [2.05, 4.69) is 4.98 Å². The highest BCUT2D eigenvalue weighted by Gasteiger charge is 2.14. The number of amides is 2. The molecule has 2 rings (SSSR count). The van der Waals surface area contributed by atoms with Gasteiger partial charge in [-0.05, 0) is 30.5 Å². The largest absolute Gasteiger partial charge is 0.370 e. The van der Waals surface area contributed by atoms with Crippen LogP contribution >= 0.6 is 0 Å². The van der Waals surface area contributed by atoms with E-state index in [-0.39, 0.29) is 12.3 Å². The van der Waals surface area contributed by atoms with E-state index >= 15 is 0 Å². The molecule has 5 heteroatoms. The summed E-state index contributed by atoms with van der Waals surface area (Å²) in [4.78, 5) is 29.5. The molecule has 0 aliphatic rings. The lowest BCUT2D eigenvalue weighted by Gasteiger charge is -2.22. The first-order valence-corrected chi connectivity index (χ1v) is 8.15. The summed E-state index contributed by atoms with van der Waals surface area (Å²) in [5.41, 5.74) is 7.25. The predicted molar refractivity (Wildman–Crippen MR) is 92.8 cm³/mol. The minimum atomic E-state index is -0.394. The summed E-state index contributed by atoms with van der Waals surface area (Å²) in [5.74, 6) is -0.356. The lowest BCUT2D eigenvalue weighted by molar-refractivity contribution is -0.132. The number of aryl methyl sites for hydroxylation is 1. The molecule has 0 fully saturated rings. The van der Waals surface area contributed by atoms with E-state index in [0.29, 0.717) is 19.5 Å². The van der Waals surface area contributed by atoms with Crippen molar-refractivity contribution in [1.29, 1.82) is 0 Å². The Morgan fingerprint density at radius 1 is 1.00 bits per heavy atom. The quantitative estimate of drug-likeness (QED) is 0.768. The summed E-state index contributed by atoms with van der Waals surface area (Å²) in [6.45, 7) is 0.850. The van der Waals surface area contributed by atoms with Crippen LogP contribution in [-0.4, -0.2) is 28.2 Å². The Balaban J connectivity index is 1.89. The zero-order valence-corrected chi connectivity index (χ0v) is 13.7. The van der Waals surface area contributed by atoms with E-state index in [1.165, 1.54) is 0 Å². The van der Waals surface area contributed by atoms with Crippen LogP contribution in [0.3, 0.4) is 0 Å². The molecule has 2 N–H and O–H groups in total. The highest BCUT2D eigenvalue weighted by Crippen LogP contribution is 2.09. The van der Waals surface area contributed by atoms with Crippen molar-refractivity contribution < 1.29 is 9.59 Å². The average Bonchev–Trinajstić information content (AvgIpc) is 2.60. The van der Waals surface area contributed by atoms with Crippen molar-refractivity contribution >= 4 is 11.8 Å². The Kier molecular flexibility index (Phi) is 6.95. The minimum Gasteiger partial charge on any atom is -0.370 e. The van der Waals surface area contributed by atoms with Crippen LogP contribution in [0, 0.1) is 0 Å². The maximum Gasteiger partial charge on any atom is 0.222 e. The van der Waals surface area contributed by atoms with E-state index in [4.69, 9.17) is 5.73 Å². The van der Waals surface area contributed by atoms with Crippen LogP contribution in [0.25, 0.3) is 0 Å². The number of hydrogen-bond acceptors (Lipinski definition) is 3. The highest BCUT2D eigenvalue weighted by molar-refractivity contribution is 5.78. The molecule has 0 spiro atoms. The molecule has 2 aromatic rings. The SMILES string of the molecule is NC(=O)CCN(Cc1ccccc1)C(=O)CCCc1ccccn1. The van der Waals surface area contributed by atoms with Crippen LogP contribution in [0.4, 0.5) is 0 Å². The molecule has 0 aliphatic carbocycles. The molecular formula is C19H23N3O2. The molecule has 0 saturated heterocycles. The molecule has 2 amide bonds. The molecule has 0 atom stereocenters. The summed E-state index contributed by atoms with van der Waals surface area (Å²) >= 11 is 0. The van der Waals surface area contributed by atoms with Gasteiger partial charge < -0.3 is 10.6 Å². The number of nitrogens with zero attached hydrogens (tertiary/aromatic N) is 2. The molecule has 0 saturated carbocycles. The first-order valence-electron chi connectivity index (χ1n) is 8.15. The number of carbonyl (C=O) groups is 2. The molecule has 0 unspecified atom stereocenters. The van der Waals surface area contributed by atoms with Crippen molar-refractivity contribution in [2.24, 2.45) is 5.73 Å². The molecular weight excluding hydrogens is 302 g/mol. The van der Waals surface area contributed by atoms with Crippen molar-refractivity contribution in [3.05, 3.63) is 66.0 Å². The van der Waals surface area contributed by atoms with Crippen LogP contribution in [0.15, 0.2) is 54.7 Å². The summed E-state index contributed by atoms with van der Waals surface area (Å²) in [5, 5.41) is 0. The number of rotatable bonds is 9. The number of primary amides is 1. The minimum absolute atomic E-state index is 0.0380. The van der Waals surface area contributed by atoms with Gasteiger partial charge in [-0.2, -0.15) is 0 Å². The summed E-state index contributed by atoms with van der Waals surface area (Å²) < 4.78 is 0. The van der Waals surface area contributed by atoms with Crippen LogP contribution in [0.2, 0.25) is 0 Å². The summed E-state index contributed by atoms with van der Waals surface area (Å²) in [7, 11) is 0. The van der Waals surface area contributed by atoms with E-state index < -0.39 is 5.91 Å². The van der Waals surface area contributed by atoms with Crippen molar-refractivity contribution in [3.8, 4) is 0 Å². The van der Waals surface area contributed by atoms with E-state index in [0.717, 1.165) is 24.1 Å². The molecule has 1 aromatic heterocycles. The molecule has 24 heavy (non-hydrogen) atoms. The number of aromatic nitrogens is 1. The van der Waals surface area contributed by atoms with Crippen LogP contribution in [-0.2, 0) is 22.6 Å². The van der Waals surface area contributed by atoms with E-state index in [1.54, 1.807) is 11.1 Å². The molecule has 1 heterocycles. The third-order valence-electron chi connectivity index (χ3n) is 3.75. The second kappa shape index (κ2) is 9.45. The van der Waals surface area contributed by atoms with Gasteiger partial charge in [0.2, 0.25) is 11.8 Å². The second-order valence-electron chi connectivity index (χ2n) is 5.69. The van der Waals surface area contributed by atoms with E-state index in [1.807, 2.05) is 48.5 Å². The topological polar surface area (TPSA) is 76.3 Å². The van der Waals surface area contributed by atoms with Crippen molar-refractivity contribution in [2.45, 2.75) is 32.2 Å². The maximum absolute atomic E-state index is 12.5. The third kappa shape index (κ3) is 6.20. The Morgan fingerprint density at radius 3 is 2.42 bits per heavy atom.